The first kappa shape index (κ1) is 21.7. The molecule has 2 aromatic carbocycles. The standard InChI is InChI=1S/C19H16F3N3O4S2/c1-29-13-9-7-12(8-10-13)16-24-25-15(31(27,28)14-5-3-2-4-6-14)11-18(26,19(20,21)22)23-17(25)30-16/h2-10,15,26H,11H2,1H3/t15-,18-/m1/s1. The number of benzene rings is 2. The number of hydrogen-bond acceptors (Lipinski definition) is 8. The van der Waals surface area contributed by atoms with Crippen LogP contribution < -0.4 is 4.74 Å². The van der Waals surface area contributed by atoms with E-state index >= 15 is 0 Å². The normalized spacial score (nSPS) is 23.8. The lowest BCUT2D eigenvalue weighted by Crippen LogP contribution is -2.55. The van der Waals surface area contributed by atoms with Gasteiger partial charge in [0.15, 0.2) is 10.5 Å². The molecule has 0 spiro atoms. The van der Waals surface area contributed by atoms with Crippen molar-refractivity contribution < 1.29 is 31.4 Å². The Hall–Kier alpha value is -2.57. The predicted octanol–water partition coefficient (Wildman–Crippen LogP) is 3.22. The van der Waals surface area contributed by atoms with Crippen molar-refractivity contribution in [2.45, 2.75) is 28.6 Å². The lowest BCUT2D eigenvalue weighted by atomic mass is 10.1. The second-order valence-electron chi connectivity index (χ2n) is 6.81. The van der Waals surface area contributed by atoms with Crippen molar-refractivity contribution in [3.63, 3.8) is 0 Å². The second-order valence-corrected chi connectivity index (χ2v) is 9.87. The zero-order valence-corrected chi connectivity index (χ0v) is 17.6. The molecule has 0 saturated carbocycles. The molecule has 164 valence electrons. The van der Waals surface area contributed by atoms with E-state index < -0.39 is 33.5 Å². The topological polar surface area (TPSA) is 91.6 Å². The average molecular weight is 471 g/mol. The van der Waals surface area contributed by atoms with E-state index in [9.17, 15) is 26.7 Å². The van der Waals surface area contributed by atoms with Gasteiger partial charge >= 0.3 is 6.18 Å². The van der Waals surface area contributed by atoms with E-state index in [1.165, 1.54) is 31.4 Å². The number of aliphatic hydroxyl groups is 1. The first-order valence-corrected chi connectivity index (χ1v) is 11.3. The van der Waals surface area contributed by atoms with Crippen LogP contribution in [0.25, 0.3) is 0 Å². The molecule has 4 rings (SSSR count). The van der Waals surface area contributed by atoms with E-state index in [-0.39, 0.29) is 15.1 Å². The van der Waals surface area contributed by atoms with Crippen LogP contribution in [0, 0.1) is 0 Å². The molecule has 2 atom stereocenters. The van der Waals surface area contributed by atoms with Gasteiger partial charge in [0.2, 0.25) is 9.84 Å². The molecule has 2 heterocycles. The lowest BCUT2D eigenvalue weighted by Gasteiger charge is -2.37. The molecule has 0 amide bonds. The molecule has 0 bridgehead atoms. The number of sulfone groups is 1. The van der Waals surface area contributed by atoms with Crippen molar-refractivity contribution in [1.29, 1.82) is 0 Å². The van der Waals surface area contributed by atoms with Crippen LogP contribution in [-0.2, 0) is 9.84 Å². The molecular formula is C19H16F3N3O4S2. The van der Waals surface area contributed by atoms with Crippen LogP contribution in [0.15, 0.2) is 69.6 Å². The molecule has 0 aliphatic carbocycles. The Morgan fingerprint density at radius 3 is 2.39 bits per heavy atom. The van der Waals surface area contributed by atoms with Crippen molar-refractivity contribution in [3.8, 4) is 5.75 Å². The first-order valence-electron chi connectivity index (χ1n) is 8.93. The van der Waals surface area contributed by atoms with Crippen molar-refractivity contribution in [3.05, 3.63) is 60.2 Å². The molecular weight excluding hydrogens is 455 g/mol. The number of hydrazone groups is 1. The van der Waals surface area contributed by atoms with Gasteiger partial charge in [0.25, 0.3) is 5.72 Å². The number of methoxy groups -OCH3 is 1. The van der Waals surface area contributed by atoms with Gasteiger partial charge in [-0.1, -0.05) is 18.2 Å². The number of hydrogen-bond donors (Lipinski definition) is 1. The highest BCUT2D eigenvalue weighted by atomic mass is 32.2. The van der Waals surface area contributed by atoms with Gasteiger partial charge in [-0.25, -0.2) is 18.4 Å². The van der Waals surface area contributed by atoms with Crippen molar-refractivity contribution in [2.24, 2.45) is 10.1 Å². The third kappa shape index (κ3) is 3.79. The van der Waals surface area contributed by atoms with Gasteiger partial charge in [-0.3, -0.25) is 0 Å². The maximum atomic E-state index is 13.6. The predicted molar refractivity (Wildman–Crippen MR) is 109 cm³/mol. The Bertz CT molecular complexity index is 1150. The van der Waals surface area contributed by atoms with Gasteiger partial charge in [-0.2, -0.15) is 18.3 Å². The van der Waals surface area contributed by atoms with Crippen LogP contribution >= 0.6 is 11.8 Å². The summed E-state index contributed by atoms with van der Waals surface area (Å²) in [5.41, 5.74) is -3.02. The van der Waals surface area contributed by atoms with E-state index in [1.54, 1.807) is 30.3 Å². The monoisotopic (exact) mass is 471 g/mol. The molecule has 0 unspecified atom stereocenters. The minimum absolute atomic E-state index is 0.177. The number of ether oxygens (including phenoxy) is 1. The Morgan fingerprint density at radius 2 is 1.81 bits per heavy atom. The second kappa shape index (κ2) is 7.53. The van der Waals surface area contributed by atoms with Crippen molar-refractivity contribution >= 4 is 31.8 Å². The Kier molecular flexibility index (Phi) is 5.26. The lowest BCUT2D eigenvalue weighted by molar-refractivity contribution is -0.262. The number of nitrogens with zero attached hydrogens (tertiary/aromatic N) is 3. The zero-order valence-electron chi connectivity index (χ0n) is 15.9. The maximum Gasteiger partial charge on any atom is 0.438 e. The van der Waals surface area contributed by atoms with E-state index in [0.29, 0.717) is 11.3 Å². The largest absolute Gasteiger partial charge is 0.497 e. The molecule has 0 fully saturated rings. The average Bonchev–Trinajstić information content (AvgIpc) is 3.16. The molecule has 2 aromatic rings. The molecule has 2 aliphatic heterocycles. The van der Waals surface area contributed by atoms with Crippen LogP contribution in [0.3, 0.4) is 0 Å². The molecule has 0 saturated heterocycles. The van der Waals surface area contributed by atoms with Crippen LogP contribution in [0.5, 0.6) is 5.75 Å². The van der Waals surface area contributed by atoms with Gasteiger partial charge in [-0.15, -0.1) is 0 Å². The third-order valence-corrected chi connectivity index (χ3v) is 7.80. The summed E-state index contributed by atoms with van der Waals surface area (Å²) in [5, 5.41) is 13.6. The van der Waals surface area contributed by atoms with Gasteiger partial charge in [0.1, 0.15) is 10.8 Å². The number of aliphatic imine (C=N–C) groups is 1. The molecule has 0 aromatic heterocycles. The molecule has 7 nitrogen and oxygen atoms in total. The Morgan fingerprint density at radius 1 is 1.16 bits per heavy atom. The minimum Gasteiger partial charge on any atom is -0.497 e. The van der Waals surface area contributed by atoms with E-state index in [2.05, 4.69) is 10.1 Å². The summed E-state index contributed by atoms with van der Waals surface area (Å²) in [6.45, 7) is 0. The summed E-state index contributed by atoms with van der Waals surface area (Å²) in [4.78, 5) is 3.27. The SMILES string of the molecule is COc1ccc(C2=NN3C(=N[C@](O)(C(F)(F)F)C[C@H]3S(=O)(=O)c3ccccc3)S2)cc1. The fourth-order valence-electron chi connectivity index (χ4n) is 3.13. The highest BCUT2D eigenvalue weighted by molar-refractivity contribution is 8.27. The summed E-state index contributed by atoms with van der Waals surface area (Å²) < 4.78 is 72.3. The van der Waals surface area contributed by atoms with Crippen molar-refractivity contribution in [2.75, 3.05) is 7.11 Å². The number of thioether (sulfide) groups is 1. The minimum atomic E-state index is -5.17. The molecule has 0 radical (unpaired) electrons. The number of amidine groups is 1. The van der Waals surface area contributed by atoms with Crippen LogP contribution in [0.1, 0.15) is 12.0 Å². The van der Waals surface area contributed by atoms with Crippen LogP contribution in [-0.4, -0.2) is 53.1 Å². The highest BCUT2D eigenvalue weighted by Gasteiger charge is 2.61. The van der Waals surface area contributed by atoms with E-state index in [1.807, 2.05) is 0 Å². The van der Waals surface area contributed by atoms with E-state index in [4.69, 9.17) is 4.74 Å². The summed E-state index contributed by atoms with van der Waals surface area (Å²) >= 11 is 0.755. The first-order chi connectivity index (χ1) is 14.5. The summed E-state index contributed by atoms with van der Waals surface area (Å²) in [6, 6.07) is 13.6. The van der Waals surface area contributed by atoms with Crippen LogP contribution in [0.4, 0.5) is 13.2 Å². The summed E-state index contributed by atoms with van der Waals surface area (Å²) in [5.74, 6) is 0.568. The number of halogens is 3. The molecule has 1 N–H and O–H groups in total. The maximum absolute atomic E-state index is 13.6. The Balaban J connectivity index is 1.80. The fourth-order valence-corrected chi connectivity index (χ4v) is 5.92. The number of alkyl halides is 3. The van der Waals surface area contributed by atoms with Crippen LogP contribution in [0.2, 0.25) is 0 Å². The summed E-state index contributed by atoms with van der Waals surface area (Å²) in [6.07, 6.45) is -6.38. The number of fused-ring (bicyclic) bond motifs is 1. The number of rotatable bonds is 4. The molecule has 2 aliphatic rings. The van der Waals surface area contributed by atoms with Crippen molar-refractivity contribution in [1.82, 2.24) is 5.01 Å². The summed E-state index contributed by atoms with van der Waals surface area (Å²) in [7, 11) is -2.83. The smallest absolute Gasteiger partial charge is 0.438 e. The Labute approximate surface area is 180 Å². The quantitative estimate of drug-likeness (QED) is 0.737. The van der Waals surface area contributed by atoms with Gasteiger partial charge < -0.3 is 9.84 Å². The molecule has 31 heavy (non-hydrogen) atoms. The highest BCUT2D eigenvalue weighted by Crippen LogP contribution is 2.45. The van der Waals surface area contributed by atoms with Gasteiger partial charge in [-0.05, 0) is 48.2 Å². The third-order valence-electron chi connectivity index (χ3n) is 4.82. The van der Waals surface area contributed by atoms with E-state index in [0.717, 1.165) is 16.8 Å². The zero-order chi connectivity index (χ0) is 22.4. The molecule has 12 heteroatoms. The van der Waals surface area contributed by atoms with Gasteiger partial charge in [0, 0.05) is 12.0 Å². The van der Waals surface area contributed by atoms with Gasteiger partial charge in [0.05, 0.1) is 12.0 Å². The fraction of sp³-hybridized carbons (Fsp3) is 0.263.